The number of rotatable bonds is 6. The van der Waals surface area contributed by atoms with Crippen LogP contribution in [0.25, 0.3) is 0 Å². The fraction of sp³-hybridized carbons (Fsp3) is 0.538. The molecule has 0 radical (unpaired) electrons. The third-order valence-corrected chi connectivity index (χ3v) is 3.35. The lowest BCUT2D eigenvalue weighted by Gasteiger charge is -2.14. The molecule has 0 amide bonds. The predicted molar refractivity (Wildman–Crippen MR) is 75.7 cm³/mol. The summed E-state index contributed by atoms with van der Waals surface area (Å²) < 4.78 is 15.2. The Labute approximate surface area is 117 Å². The second-order valence-corrected chi connectivity index (χ2v) is 5.46. The molecule has 104 valence electrons. The van der Waals surface area contributed by atoms with Crippen LogP contribution in [-0.4, -0.2) is 23.1 Å². The number of anilines is 1. The van der Waals surface area contributed by atoms with E-state index in [1.165, 1.54) is 11.5 Å². The van der Waals surface area contributed by atoms with Gasteiger partial charge in [0.15, 0.2) is 0 Å². The molecule has 0 fully saturated rings. The topological polar surface area (TPSA) is 60.2 Å². The molecule has 1 atom stereocenters. The van der Waals surface area contributed by atoms with Crippen LogP contribution in [0.1, 0.15) is 43.2 Å². The summed E-state index contributed by atoms with van der Waals surface area (Å²) in [7, 11) is 1.67. The molecular formula is C13H19N3O2S. The highest BCUT2D eigenvalue weighted by Gasteiger charge is 2.17. The van der Waals surface area contributed by atoms with E-state index in [0.717, 1.165) is 22.5 Å². The van der Waals surface area contributed by atoms with E-state index in [1.54, 1.807) is 7.11 Å². The van der Waals surface area contributed by atoms with Crippen LogP contribution in [0, 0.1) is 6.92 Å². The fourth-order valence-electron chi connectivity index (χ4n) is 1.68. The van der Waals surface area contributed by atoms with Crippen molar-refractivity contribution in [2.75, 3.05) is 19.0 Å². The molecular weight excluding hydrogens is 262 g/mol. The molecule has 0 bridgehead atoms. The zero-order valence-electron chi connectivity index (χ0n) is 11.6. The SMILES string of the molecule is COCC(Nc1nc(C(C)C)ns1)c1ccc(C)o1. The summed E-state index contributed by atoms with van der Waals surface area (Å²) in [6, 6.07) is 3.85. The lowest BCUT2D eigenvalue weighted by atomic mass is 10.2. The highest BCUT2D eigenvalue weighted by molar-refractivity contribution is 7.09. The Kier molecular flexibility index (Phi) is 4.55. The van der Waals surface area contributed by atoms with Crippen molar-refractivity contribution in [2.45, 2.75) is 32.7 Å². The summed E-state index contributed by atoms with van der Waals surface area (Å²) in [5, 5.41) is 4.10. The van der Waals surface area contributed by atoms with Crippen LogP contribution in [0.5, 0.6) is 0 Å². The largest absolute Gasteiger partial charge is 0.464 e. The Balaban J connectivity index is 2.11. The van der Waals surface area contributed by atoms with Crippen molar-refractivity contribution in [2.24, 2.45) is 0 Å². The van der Waals surface area contributed by atoms with Gasteiger partial charge in [-0.05, 0) is 19.1 Å². The van der Waals surface area contributed by atoms with E-state index < -0.39 is 0 Å². The van der Waals surface area contributed by atoms with E-state index in [-0.39, 0.29) is 6.04 Å². The summed E-state index contributed by atoms with van der Waals surface area (Å²) in [5.41, 5.74) is 0. The number of hydrogen-bond acceptors (Lipinski definition) is 6. The van der Waals surface area contributed by atoms with E-state index in [9.17, 15) is 0 Å². The van der Waals surface area contributed by atoms with E-state index in [4.69, 9.17) is 9.15 Å². The summed E-state index contributed by atoms with van der Waals surface area (Å²) in [6.07, 6.45) is 0. The van der Waals surface area contributed by atoms with Crippen molar-refractivity contribution in [1.29, 1.82) is 0 Å². The Morgan fingerprint density at radius 2 is 2.21 bits per heavy atom. The van der Waals surface area contributed by atoms with E-state index in [1.807, 2.05) is 19.1 Å². The van der Waals surface area contributed by atoms with Crippen LogP contribution < -0.4 is 5.32 Å². The molecule has 2 aromatic rings. The van der Waals surface area contributed by atoms with Crippen LogP contribution >= 0.6 is 11.5 Å². The maximum atomic E-state index is 5.64. The van der Waals surface area contributed by atoms with Crippen molar-refractivity contribution >= 4 is 16.7 Å². The molecule has 0 aliphatic heterocycles. The molecule has 0 saturated carbocycles. The first-order valence-corrected chi connectivity index (χ1v) is 7.03. The molecule has 6 heteroatoms. The zero-order chi connectivity index (χ0) is 13.8. The third kappa shape index (κ3) is 3.54. The Morgan fingerprint density at radius 3 is 2.74 bits per heavy atom. The molecule has 2 aromatic heterocycles. The lowest BCUT2D eigenvalue weighted by Crippen LogP contribution is -2.15. The molecule has 0 aromatic carbocycles. The van der Waals surface area contributed by atoms with Gasteiger partial charge in [0.2, 0.25) is 5.13 Å². The Morgan fingerprint density at radius 1 is 1.42 bits per heavy atom. The number of aromatic nitrogens is 2. The third-order valence-electron chi connectivity index (χ3n) is 2.69. The van der Waals surface area contributed by atoms with E-state index in [2.05, 4.69) is 28.5 Å². The first-order valence-electron chi connectivity index (χ1n) is 6.25. The predicted octanol–water partition coefficient (Wildman–Crippen LogP) is 3.36. The van der Waals surface area contributed by atoms with Crippen LogP contribution in [-0.2, 0) is 4.74 Å². The number of ether oxygens (including phenoxy) is 1. The van der Waals surface area contributed by atoms with Gasteiger partial charge < -0.3 is 14.5 Å². The van der Waals surface area contributed by atoms with Gasteiger partial charge in [-0.3, -0.25) is 0 Å². The van der Waals surface area contributed by atoms with Crippen LogP contribution in [0.2, 0.25) is 0 Å². The second-order valence-electron chi connectivity index (χ2n) is 4.71. The van der Waals surface area contributed by atoms with Gasteiger partial charge in [0.1, 0.15) is 23.4 Å². The smallest absolute Gasteiger partial charge is 0.203 e. The van der Waals surface area contributed by atoms with Gasteiger partial charge in [0, 0.05) is 24.6 Å². The first-order chi connectivity index (χ1) is 9.10. The maximum Gasteiger partial charge on any atom is 0.203 e. The van der Waals surface area contributed by atoms with Gasteiger partial charge in [-0.1, -0.05) is 13.8 Å². The van der Waals surface area contributed by atoms with Crippen molar-refractivity contribution < 1.29 is 9.15 Å². The quantitative estimate of drug-likeness (QED) is 0.879. The molecule has 2 rings (SSSR count). The molecule has 2 heterocycles. The van der Waals surface area contributed by atoms with Gasteiger partial charge in [-0.15, -0.1) is 0 Å². The fourth-order valence-corrected chi connectivity index (χ4v) is 2.44. The van der Waals surface area contributed by atoms with Crippen LogP contribution in [0.3, 0.4) is 0 Å². The average molecular weight is 281 g/mol. The summed E-state index contributed by atoms with van der Waals surface area (Å²) in [5.74, 6) is 2.93. The number of nitrogens with one attached hydrogen (secondary N) is 1. The first kappa shape index (κ1) is 14.0. The molecule has 5 nitrogen and oxygen atoms in total. The molecule has 0 aliphatic rings. The van der Waals surface area contributed by atoms with E-state index in [0.29, 0.717) is 12.5 Å². The highest BCUT2D eigenvalue weighted by Crippen LogP contribution is 2.24. The van der Waals surface area contributed by atoms with Crippen molar-refractivity contribution in [1.82, 2.24) is 9.36 Å². The zero-order valence-corrected chi connectivity index (χ0v) is 12.5. The number of nitrogens with zero attached hydrogens (tertiary/aromatic N) is 2. The number of aryl methyl sites for hydroxylation is 1. The van der Waals surface area contributed by atoms with Crippen molar-refractivity contribution in [3.8, 4) is 0 Å². The molecule has 0 spiro atoms. The molecule has 0 saturated heterocycles. The monoisotopic (exact) mass is 281 g/mol. The summed E-state index contributed by atoms with van der Waals surface area (Å²) in [4.78, 5) is 4.46. The number of furan rings is 1. The molecule has 0 aliphatic carbocycles. The van der Waals surface area contributed by atoms with E-state index >= 15 is 0 Å². The summed E-state index contributed by atoms with van der Waals surface area (Å²) in [6.45, 7) is 6.60. The standard InChI is InChI=1S/C13H19N3O2S/c1-8(2)12-15-13(19-16-12)14-10(7-17-4)11-6-5-9(3)18-11/h5-6,8,10H,7H2,1-4H3,(H,14,15,16). The van der Waals surface area contributed by atoms with Gasteiger partial charge >= 0.3 is 0 Å². The average Bonchev–Trinajstić information content (AvgIpc) is 2.97. The van der Waals surface area contributed by atoms with Crippen molar-refractivity contribution in [3.05, 3.63) is 29.5 Å². The molecule has 1 N–H and O–H groups in total. The maximum absolute atomic E-state index is 5.64. The highest BCUT2D eigenvalue weighted by atomic mass is 32.1. The minimum absolute atomic E-state index is 0.0494. The van der Waals surface area contributed by atoms with Gasteiger partial charge in [-0.25, -0.2) is 4.98 Å². The Hall–Kier alpha value is -1.40. The normalized spacial score (nSPS) is 12.9. The minimum Gasteiger partial charge on any atom is -0.464 e. The van der Waals surface area contributed by atoms with Gasteiger partial charge in [-0.2, -0.15) is 4.37 Å². The van der Waals surface area contributed by atoms with Crippen molar-refractivity contribution in [3.63, 3.8) is 0 Å². The number of hydrogen-bond donors (Lipinski definition) is 1. The number of methoxy groups -OCH3 is 1. The van der Waals surface area contributed by atoms with Crippen LogP contribution in [0.15, 0.2) is 16.5 Å². The Bertz CT molecular complexity index is 521. The molecule has 19 heavy (non-hydrogen) atoms. The van der Waals surface area contributed by atoms with Gasteiger partial charge in [0.05, 0.1) is 6.61 Å². The molecule has 1 unspecified atom stereocenters. The lowest BCUT2D eigenvalue weighted by molar-refractivity contribution is 0.178. The van der Waals surface area contributed by atoms with Gasteiger partial charge in [0.25, 0.3) is 0 Å². The second kappa shape index (κ2) is 6.16. The minimum atomic E-state index is -0.0494. The summed E-state index contributed by atoms with van der Waals surface area (Å²) >= 11 is 1.36. The van der Waals surface area contributed by atoms with Crippen LogP contribution in [0.4, 0.5) is 5.13 Å².